The van der Waals surface area contributed by atoms with E-state index in [1.807, 2.05) is 24.3 Å². The van der Waals surface area contributed by atoms with Gasteiger partial charge in [-0.25, -0.2) is 8.78 Å². The number of fused-ring (bicyclic) bond motifs is 2. The monoisotopic (exact) mass is 403 g/mol. The first-order valence-electron chi connectivity index (χ1n) is 9.23. The van der Waals surface area contributed by atoms with Crippen LogP contribution in [0.5, 0.6) is 0 Å². The summed E-state index contributed by atoms with van der Waals surface area (Å²) in [5.74, 6) is -2.75. The Morgan fingerprint density at radius 1 is 1.17 bits per heavy atom. The Morgan fingerprint density at radius 3 is 2.83 bits per heavy atom. The largest absolute Gasteiger partial charge is 0.322 e. The standard InChI is InChI=1S/C22H15F2N5O/c1-29-18-9-16(23)19(20(24)15(18)11-27-29)22(30)28-13-6-5-12-10-26-21(14(12)8-13)17-4-2-3-7-25-17/h2-9,11H,10H2,1H3,(H,28,30). The molecule has 1 aliphatic rings. The van der Waals surface area contributed by atoms with Crippen molar-refractivity contribution in [2.75, 3.05) is 5.32 Å². The van der Waals surface area contributed by atoms with E-state index in [9.17, 15) is 13.6 Å². The van der Waals surface area contributed by atoms with Crippen LogP contribution in [0.1, 0.15) is 27.2 Å². The van der Waals surface area contributed by atoms with Gasteiger partial charge in [-0.3, -0.25) is 19.5 Å². The summed E-state index contributed by atoms with van der Waals surface area (Å²) in [7, 11) is 1.58. The maximum atomic E-state index is 14.8. The third-order valence-electron chi connectivity index (χ3n) is 5.11. The Balaban J connectivity index is 1.49. The van der Waals surface area contributed by atoms with Gasteiger partial charge in [-0.2, -0.15) is 5.10 Å². The molecule has 0 unspecified atom stereocenters. The van der Waals surface area contributed by atoms with Gasteiger partial charge in [0.05, 0.1) is 35.1 Å². The molecule has 0 spiro atoms. The topological polar surface area (TPSA) is 72.2 Å². The maximum absolute atomic E-state index is 14.8. The molecular weight excluding hydrogens is 388 g/mol. The van der Waals surface area contributed by atoms with Gasteiger partial charge in [0.1, 0.15) is 17.2 Å². The van der Waals surface area contributed by atoms with Crippen molar-refractivity contribution in [1.82, 2.24) is 14.8 Å². The number of aryl methyl sites for hydroxylation is 1. The number of carbonyl (C=O) groups excluding carboxylic acids is 1. The fourth-order valence-electron chi connectivity index (χ4n) is 3.60. The van der Waals surface area contributed by atoms with Crippen LogP contribution in [0.4, 0.5) is 14.5 Å². The lowest BCUT2D eigenvalue weighted by atomic mass is 10.0. The Hall–Kier alpha value is -3.94. The summed E-state index contributed by atoms with van der Waals surface area (Å²) in [5, 5.41) is 6.60. The number of nitrogens with one attached hydrogen (secondary N) is 1. The minimum atomic E-state index is -0.946. The Bertz CT molecular complexity index is 1340. The van der Waals surface area contributed by atoms with Crippen molar-refractivity contribution >= 4 is 28.2 Å². The predicted molar refractivity (Wildman–Crippen MR) is 109 cm³/mol. The lowest BCUT2D eigenvalue weighted by molar-refractivity contribution is 0.101. The zero-order chi connectivity index (χ0) is 20.8. The summed E-state index contributed by atoms with van der Waals surface area (Å²) < 4.78 is 30.7. The molecule has 1 aliphatic heterocycles. The average Bonchev–Trinajstić information content (AvgIpc) is 3.32. The SMILES string of the molecule is Cn1ncc2c(F)c(C(=O)Nc3ccc4c(c3)C(c3ccccn3)=NC4)c(F)cc21. The number of aliphatic imine (C=N–C) groups is 1. The summed E-state index contributed by atoms with van der Waals surface area (Å²) in [6.45, 7) is 0.510. The minimum absolute atomic E-state index is 0.0857. The van der Waals surface area contributed by atoms with Crippen molar-refractivity contribution in [3.8, 4) is 0 Å². The highest BCUT2D eigenvalue weighted by Gasteiger charge is 2.24. The number of benzene rings is 2. The normalized spacial score (nSPS) is 12.7. The number of hydrogen-bond acceptors (Lipinski definition) is 4. The molecule has 0 fully saturated rings. The third-order valence-corrected chi connectivity index (χ3v) is 5.11. The molecule has 0 saturated heterocycles. The molecule has 3 heterocycles. The van der Waals surface area contributed by atoms with E-state index in [2.05, 4.69) is 20.4 Å². The Morgan fingerprint density at radius 2 is 2.03 bits per heavy atom. The molecule has 30 heavy (non-hydrogen) atoms. The molecule has 2 aromatic carbocycles. The van der Waals surface area contributed by atoms with Crippen molar-refractivity contribution in [3.63, 3.8) is 0 Å². The predicted octanol–water partition coefficient (Wildman–Crippen LogP) is 3.85. The Kier molecular flexibility index (Phi) is 4.13. The number of amides is 1. The molecule has 1 amide bonds. The van der Waals surface area contributed by atoms with Gasteiger partial charge in [0.25, 0.3) is 5.91 Å². The van der Waals surface area contributed by atoms with Gasteiger partial charge in [0.15, 0.2) is 0 Å². The first-order valence-corrected chi connectivity index (χ1v) is 9.23. The van der Waals surface area contributed by atoms with Gasteiger partial charge in [0, 0.05) is 30.6 Å². The molecule has 0 atom stereocenters. The van der Waals surface area contributed by atoms with Crippen molar-refractivity contribution in [1.29, 1.82) is 0 Å². The van der Waals surface area contributed by atoms with E-state index < -0.39 is 23.1 Å². The number of pyridine rings is 1. The Labute approximate surface area is 169 Å². The smallest absolute Gasteiger partial charge is 0.261 e. The lowest BCUT2D eigenvalue weighted by Crippen LogP contribution is -2.16. The number of aromatic nitrogens is 3. The molecule has 0 aliphatic carbocycles. The third kappa shape index (κ3) is 2.85. The number of rotatable bonds is 3. The fraction of sp³-hybridized carbons (Fsp3) is 0.0909. The highest BCUT2D eigenvalue weighted by atomic mass is 19.1. The zero-order valence-corrected chi connectivity index (χ0v) is 15.9. The highest BCUT2D eigenvalue weighted by molar-refractivity contribution is 6.15. The van der Waals surface area contributed by atoms with Crippen LogP contribution >= 0.6 is 0 Å². The van der Waals surface area contributed by atoms with E-state index in [1.54, 1.807) is 25.4 Å². The van der Waals surface area contributed by atoms with E-state index >= 15 is 0 Å². The molecular formula is C22H15F2N5O. The van der Waals surface area contributed by atoms with Gasteiger partial charge in [-0.15, -0.1) is 0 Å². The van der Waals surface area contributed by atoms with Crippen molar-refractivity contribution in [2.24, 2.45) is 12.0 Å². The van der Waals surface area contributed by atoms with E-state index in [1.165, 1.54) is 10.9 Å². The van der Waals surface area contributed by atoms with Crippen LogP contribution in [0.2, 0.25) is 0 Å². The van der Waals surface area contributed by atoms with E-state index in [-0.39, 0.29) is 10.9 Å². The molecule has 4 aromatic rings. The summed E-state index contributed by atoms with van der Waals surface area (Å²) in [6, 6.07) is 11.9. The molecule has 2 aromatic heterocycles. The molecule has 0 radical (unpaired) electrons. The van der Waals surface area contributed by atoms with Crippen molar-refractivity contribution in [2.45, 2.75) is 6.54 Å². The van der Waals surface area contributed by atoms with Crippen LogP contribution < -0.4 is 5.32 Å². The molecule has 8 heteroatoms. The molecule has 0 bridgehead atoms. The second kappa shape index (κ2) is 6.84. The van der Waals surface area contributed by atoms with Gasteiger partial charge in [-0.1, -0.05) is 12.1 Å². The summed E-state index contributed by atoms with van der Waals surface area (Å²) in [5.41, 5.74) is 3.30. The van der Waals surface area contributed by atoms with Crippen molar-refractivity contribution in [3.05, 3.63) is 88.9 Å². The molecule has 148 valence electrons. The minimum Gasteiger partial charge on any atom is -0.322 e. The first kappa shape index (κ1) is 18.1. The van der Waals surface area contributed by atoms with Crippen LogP contribution in [0.3, 0.4) is 0 Å². The average molecular weight is 403 g/mol. The lowest BCUT2D eigenvalue weighted by Gasteiger charge is -2.10. The van der Waals surface area contributed by atoms with E-state index in [0.717, 1.165) is 28.6 Å². The summed E-state index contributed by atoms with van der Waals surface area (Å²) in [6.07, 6.45) is 2.95. The van der Waals surface area contributed by atoms with Gasteiger partial charge >= 0.3 is 0 Å². The van der Waals surface area contributed by atoms with Crippen LogP contribution in [0.25, 0.3) is 10.9 Å². The highest BCUT2D eigenvalue weighted by Crippen LogP contribution is 2.27. The van der Waals surface area contributed by atoms with Crippen LogP contribution in [0, 0.1) is 11.6 Å². The molecule has 5 rings (SSSR count). The maximum Gasteiger partial charge on any atom is 0.261 e. The summed E-state index contributed by atoms with van der Waals surface area (Å²) >= 11 is 0. The fourth-order valence-corrected chi connectivity index (χ4v) is 3.60. The van der Waals surface area contributed by atoms with Gasteiger partial charge in [-0.05, 0) is 29.8 Å². The van der Waals surface area contributed by atoms with Crippen LogP contribution in [-0.4, -0.2) is 26.4 Å². The number of nitrogens with zero attached hydrogens (tertiary/aromatic N) is 4. The number of halogens is 2. The molecule has 1 N–H and O–H groups in total. The van der Waals surface area contributed by atoms with E-state index in [0.29, 0.717) is 12.2 Å². The first-order chi connectivity index (χ1) is 14.5. The quantitative estimate of drug-likeness (QED) is 0.565. The second-order valence-electron chi connectivity index (χ2n) is 6.95. The summed E-state index contributed by atoms with van der Waals surface area (Å²) in [4.78, 5) is 21.6. The van der Waals surface area contributed by atoms with Crippen LogP contribution in [-0.2, 0) is 13.6 Å². The van der Waals surface area contributed by atoms with E-state index in [4.69, 9.17) is 0 Å². The number of anilines is 1. The molecule has 6 nitrogen and oxygen atoms in total. The zero-order valence-electron chi connectivity index (χ0n) is 15.9. The van der Waals surface area contributed by atoms with Gasteiger partial charge in [0.2, 0.25) is 0 Å². The van der Waals surface area contributed by atoms with Crippen LogP contribution in [0.15, 0.2) is 59.9 Å². The molecule has 0 saturated carbocycles. The second-order valence-corrected chi connectivity index (χ2v) is 6.95. The van der Waals surface area contributed by atoms with Crippen molar-refractivity contribution < 1.29 is 13.6 Å². The number of hydrogen-bond donors (Lipinski definition) is 1. The number of carbonyl (C=O) groups is 1. The van der Waals surface area contributed by atoms with Gasteiger partial charge < -0.3 is 5.32 Å².